The van der Waals surface area contributed by atoms with E-state index in [0.29, 0.717) is 25.7 Å². The summed E-state index contributed by atoms with van der Waals surface area (Å²) in [6, 6.07) is 0. The summed E-state index contributed by atoms with van der Waals surface area (Å²) >= 11 is 0. The zero-order valence-electron chi connectivity index (χ0n) is 64.8. The number of carbonyl (C=O) groups excluding carboxylic acids is 4. The zero-order chi connectivity index (χ0) is 72.8. The Morgan fingerprint density at radius 3 is 0.768 bits per heavy atom. The van der Waals surface area contributed by atoms with Crippen LogP contribution in [0.1, 0.15) is 420 Å². The molecule has 0 fully saturated rings. The number of hydrogen-bond donors (Lipinski definition) is 3. The molecule has 0 saturated heterocycles. The van der Waals surface area contributed by atoms with E-state index in [1.54, 1.807) is 0 Å². The predicted molar refractivity (Wildman–Crippen MR) is 405 cm³/mol. The minimum absolute atomic E-state index is 0.106. The SMILES string of the molecule is CCCCCCCCCCCCCCCCCCC(=O)OC[C@H](COP(=O)(O)OC[C@@H](O)COP(=O)(O)OC[C@@H](COC(=O)CCCCCCCCCC)OC(=O)CCCCCCCCCCCCC(C)CC)OC(=O)CCCCCCCCCCCCCCCCCCCCC(C)C. The summed E-state index contributed by atoms with van der Waals surface area (Å²) in [7, 11) is -9.91. The largest absolute Gasteiger partial charge is 0.472 e. The van der Waals surface area contributed by atoms with Gasteiger partial charge in [0.15, 0.2) is 12.2 Å². The van der Waals surface area contributed by atoms with Crippen LogP contribution >= 0.6 is 15.6 Å². The standard InChI is InChI=1S/C80H156O17P2/c1-7-10-12-14-16-18-19-20-21-27-30-33-39-45-51-57-63-78(83)91-69-76(97-79(84)64-58-52-46-40-34-31-28-25-23-22-24-26-29-32-37-42-48-54-60-72(4)5)71-95-99(88,89)93-67-74(81)66-92-98(86,87)94-70-75(68-90-77(82)62-56-50-44-17-15-13-11-8-2)96-80(85)65-59-53-47-41-36-35-38-43-49-55-61-73(6)9-3/h72-76,81H,7-71H2,1-6H3,(H,86,87)(H,88,89)/t73?,74-,75+,76+/m0/s1. The van der Waals surface area contributed by atoms with Gasteiger partial charge in [-0.2, -0.15) is 0 Å². The number of esters is 4. The van der Waals surface area contributed by atoms with Gasteiger partial charge in [-0.25, -0.2) is 9.13 Å². The van der Waals surface area contributed by atoms with Gasteiger partial charge in [0.2, 0.25) is 0 Å². The van der Waals surface area contributed by atoms with Crippen LogP contribution in [0.5, 0.6) is 0 Å². The van der Waals surface area contributed by atoms with Crippen LogP contribution in [0, 0.1) is 11.8 Å². The van der Waals surface area contributed by atoms with Gasteiger partial charge in [-0.05, 0) is 37.5 Å². The summed E-state index contributed by atoms with van der Waals surface area (Å²) in [5.41, 5.74) is 0. The number of hydrogen-bond acceptors (Lipinski definition) is 15. The van der Waals surface area contributed by atoms with E-state index in [0.717, 1.165) is 108 Å². The smallest absolute Gasteiger partial charge is 0.462 e. The van der Waals surface area contributed by atoms with Gasteiger partial charge >= 0.3 is 39.5 Å². The molecule has 0 aromatic heterocycles. The zero-order valence-corrected chi connectivity index (χ0v) is 66.6. The molecule has 588 valence electrons. The van der Waals surface area contributed by atoms with E-state index in [1.165, 1.54) is 231 Å². The van der Waals surface area contributed by atoms with Crippen LogP contribution in [0.4, 0.5) is 0 Å². The van der Waals surface area contributed by atoms with Crippen LogP contribution in [-0.2, 0) is 65.4 Å². The summed E-state index contributed by atoms with van der Waals surface area (Å²) in [6.45, 7) is 9.66. The Balaban J connectivity index is 5.20. The second kappa shape index (κ2) is 71.7. The number of phosphoric ester groups is 2. The lowest BCUT2D eigenvalue weighted by atomic mass is 9.99. The third kappa shape index (κ3) is 72.8. The topological polar surface area (TPSA) is 237 Å². The van der Waals surface area contributed by atoms with Crippen LogP contribution in [0.2, 0.25) is 0 Å². The van der Waals surface area contributed by atoms with Gasteiger partial charge in [-0.15, -0.1) is 0 Å². The fraction of sp³-hybridized carbons (Fsp3) is 0.950. The van der Waals surface area contributed by atoms with Crippen molar-refractivity contribution in [3.63, 3.8) is 0 Å². The van der Waals surface area contributed by atoms with E-state index in [9.17, 15) is 43.2 Å². The van der Waals surface area contributed by atoms with Crippen molar-refractivity contribution in [2.75, 3.05) is 39.6 Å². The molecule has 0 aliphatic carbocycles. The monoisotopic (exact) mass is 1450 g/mol. The highest BCUT2D eigenvalue weighted by atomic mass is 31.2. The van der Waals surface area contributed by atoms with E-state index in [4.69, 9.17) is 37.0 Å². The van der Waals surface area contributed by atoms with Gasteiger partial charge in [0.25, 0.3) is 0 Å². The maximum Gasteiger partial charge on any atom is 0.472 e. The summed E-state index contributed by atoms with van der Waals surface area (Å²) in [5.74, 6) is -0.489. The molecule has 0 heterocycles. The molecule has 0 amide bonds. The third-order valence-corrected chi connectivity index (χ3v) is 21.0. The highest BCUT2D eigenvalue weighted by molar-refractivity contribution is 7.47. The van der Waals surface area contributed by atoms with Crippen molar-refractivity contribution in [3.8, 4) is 0 Å². The minimum atomic E-state index is -4.96. The van der Waals surface area contributed by atoms with Crippen molar-refractivity contribution >= 4 is 39.5 Å². The molecule has 0 aromatic carbocycles. The Bertz CT molecular complexity index is 1910. The third-order valence-electron chi connectivity index (χ3n) is 19.1. The van der Waals surface area contributed by atoms with E-state index >= 15 is 0 Å². The number of ether oxygens (including phenoxy) is 4. The first-order chi connectivity index (χ1) is 47.9. The maximum atomic E-state index is 13.1. The minimum Gasteiger partial charge on any atom is -0.462 e. The normalized spacial score (nSPS) is 14.2. The highest BCUT2D eigenvalue weighted by Crippen LogP contribution is 2.45. The Kier molecular flexibility index (Phi) is 70.3. The number of carbonyl (C=O) groups is 4. The van der Waals surface area contributed by atoms with Gasteiger partial charge in [0.05, 0.1) is 26.4 Å². The molecule has 0 spiro atoms. The van der Waals surface area contributed by atoms with Crippen LogP contribution in [0.3, 0.4) is 0 Å². The van der Waals surface area contributed by atoms with Gasteiger partial charge in [-0.3, -0.25) is 37.3 Å². The van der Waals surface area contributed by atoms with Crippen LogP contribution < -0.4 is 0 Å². The second-order valence-electron chi connectivity index (χ2n) is 29.5. The molecule has 3 N–H and O–H groups in total. The molecule has 0 saturated carbocycles. The average Bonchev–Trinajstić information content (AvgIpc) is 1.03. The fourth-order valence-electron chi connectivity index (χ4n) is 12.3. The molecule has 6 atom stereocenters. The summed E-state index contributed by atoms with van der Waals surface area (Å²) in [4.78, 5) is 72.9. The van der Waals surface area contributed by atoms with Crippen LogP contribution in [-0.4, -0.2) is 96.7 Å². The summed E-state index contributed by atoms with van der Waals surface area (Å²) in [6.07, 6.45) is 61.1. The lowest BCUT2D eigenvalue weighted by Gasteiger charge is -2.21. The Morgan fingerprint density at radius 2 is 0.515 bits per heavy atom. The molecular formula is C80H156O17P2. The van der Waals surface area contributed by atoms with Crippen LogP contribution in [0.15, 0.2) is 0 Å². The first-order valence-electron chi connectivity index (χ1n) is 41.5. The van der Waals surface area contributed by atoms with Crippen LogP contribution in [0.25, 0.3) is 0 Å². The van der Waals surface area contributed by atoms with Crippen molar-refractivity contribution in [2.45, 2.75) is 439 Å². The molecule has 99 heavy (non-hydrogen) atoms. The molecule has 0 bridgehead atoms. The van der Waals surface area contributed by atoms with Crippen molar-refractivity contribution < 1.29 is 80.2 Å². The first-order valence-corrected chi connectivity index (χ1v) is 44.5. The molecule has 19 heteroatoms. The number of aliphatic hydroxyl groups is 1. The fourth-order valence-corrected chi connectivity index (χ4v) is 13.9. The van der Waals surface area contributed by atoms with Crippen molar-refractivity contribution in [3.05, 3.63) is 0 Å². The summed E-state index contributed by atoms with van der Waals surface area (Å²) < 4.78 is 68.6. The Labute approximate surface area is 607 Å². The lowest BCUT2D eigenvalue weighted by molar-refractivity contribution is -0.161. The number of rotatable bonds is 79. The maximum absolute atomic E-state index is 13.1. The lowest BCUT2D eigenvalue weighted by Crippen LogP contribution is -2.30. The molecule has 0 aliphatic rings. The molecule has 0 aromatic rings. The van der Waals surface area contributed by atoms with Gasteiger partial charge in [0, 0.05) is 25.7 Å². The predicted octanol–water partition coefficient (Wildman–Crippen LogP) is 23.9. The molecule has 17 nitrogen and oxygen atoms in total. The van der Waals surface area contributed by atoms with E-state index < -0.39 is 97.5 Å². The van der Waals surface area contributed by atoms with E-state index in [2.05, 4.69) is 41.5 Å². The molecule has 0 rings (SSSR count). The van der Waals surface area contributed by atoms with Crippen molar-refractivity contribution in [1.29, 1.82) is 0 Å². The van der Waals surface area contributed by atoms with Gasteiger partial charge in [0.1, 0.15) is 19.3 Å². The molecule has 0 radical (unpaired) electrons. The average molecular weight is 1450 g/mol. The van der Waals surface area contributed by atoms with E-state index in [1.807, 2.05) is 0 Å². The number of aliphatic hydroxyl groups excluding tert-OH is 1. The Morgan fingerprint density at radius 1 is 0.293 bits per heavy atom. The van der Waals surface area contributed by atoms with Crippen molar-refractivity contribution in [1.82, 2.24) is 0 Å². The van der Waals surface area contributed by atoms with Gasteiger partial charge in [-0.1, -0.05) is 369 Å². The number of unbranched alkanes of at least 4 members (excludes halogenated alkanes) is 48. The van der Waals surface area contributed by atoms with Gasteiger partial charge < -0.3 is 33.8 Å². The molecule has 0 aliphatic heterocycles. The summed E-state index contributed by atoms with van der Waals surface area (Å²) in [5, 5.41) is 10.6. The first kappa shape index (κ1) is 97.1. The van der Waals surface area contributed by atoms with Crippen molar-refractivity contribution in [2.24, 2.45) is 11.8 Å². The second-order valence-corrected chi connectivity index (χ2v) is 32.4. The van der Waals surface area contributed by atoms with E-state index in [-0.39, 0.29) is 25.7 Å². The molecule has 3 unspecified atom stereocenters. The molecular weight excluding hydrogens is 1290 g/mol. The number of phosphoric acid groups is 2. The quantitative estimate of drug-likeness (QED) is 0.0222. The highest BCUT2D eigenvalue weighted by Gasteiger charge is 2.30. The Hall–Kier alpha value is -1.94.